The number of nitro groups is 1. The van der Waals surface area contributed by atoms with E-state index >= 15 is 0 Å². The van der Waals surface area contributed by atoms with Crippen LogP contribution in [0.3, 0.4) is 0 Å². The standard InChI is InChI=1S/C12H17FN2O2S/c1-18-9-4-2-3-8-14-11-7-5-6-10(13)12(11)15(16)17/h5-7,14H,2-4,8-9H2,1H3. The molecular weight excluding hydrogens is 255 g/mol. The average Bonchev–Trinajstić information content (AvgIpc) is 2.33. The Balaban J connectivity index is 2.47. The molecule has 6 heteroatoms. The molecule has 1 rings (SSSR count). The van der Waals surface area contributed by atoms with Gasteiger partial charge in [-0.1, -0.05) is 12.5 Å². The number of nitro benzene ring substituents is 1. The Hall–Kier alpha value is -1.30. The molecule has 1 aromatic carbocycles. The number of nitrogens with zero attached hydrogens (tertiary/aromatic N) is 1. The molecule has 0 spiro atoms. The van der Waals surface area contributed by atoms with Gasteiger partial charge in [0.15, 0.2) is 0 Å². The number of thioether (sulfide) groups is 1. The van der Waals surface area contributed by atoms with Crippen LogP contribution < -0.4 is 5.32 Å². The average molecular weight is 272 g/mol. The predicted molar refractivity (Wildman–Crippen MR) is 73.8 cm³/mol. The third-order valence-electron chi connectivity index (χ3n) is 2.51. The topological polar surface area (TPSA) is 55.2 Å². The highest BCUT2D eigenvalue weighted by Crippen LogP contribution is 2.27. The summed E-state index contributed by atoms with van der Waals surface area (Å²) in [7, 11) is 0. The molecule has 0 aromatic heterocycles. The molecule has 0 saturated carbocycles. The normalized spacial score (nSPS) is 10.3. The van der Waals surface area contributed by atoms with Gasteiger partial charge in [0.25, 0.3) is 0 Å². The Morgan fingerprint density at radius 2 is 2.17 bits per heavy atom. The molecule has 0 heterocycles. The smallest absolute Gasteiger partial charge is 0.327 e. The van der Waals surface area contributed by atoms with Crippen molar-refractivity contribution < 1.29 is 9.31 Å². The van der Waals surface area contributed by atoms with Crippen molar-refractivity contribution in [3.63, 3.8) is 0 Å². The van der Waals surface area contributed by atoms with Crippen molar-refractivity contribution in [3.05, 3.63) is 34.1 Å². The maximum atomic E-state index is 13.3. The van der Waals surface area contributed by atoms with E-state index < -0.39 is 16.4 Å². The number of benzene rings is 1. The summed E-state index contributed by atoms with van der Waals surface area (Å²) in [6.45, 7) is 0.624. The SMILES string of the molecule is CSCCCCCNc1cccc(F)c1[N+](=O)[O-]. The fraction of sp³-hybridized carbons (Fsp3) is 0.500. The maximum Gasteiger partial charge on any atom is 0.327 e. The Morgan fingerprint density at radius 1 is 1.39 bits per heavy atom. The van der Waals surface area contributed by atoms with E-state index in [0.717, 1.165) is 31.1 Å². The van der Waals surface area contributed by atoms with E-state index in [9.17, 15) is 14.5 Å². The van der Waals surface area contributed by atoms with Gasteiger partial charge in [-0.15, -0.1) is 0 Å². The van der Waals surface area contributed by atoms with Crippen LogP contribution >= 0.6 is 11.8 Å². The minimum Gasteiger partial charge on any atom is -0.379 e. The van der Waals surface area contributed by atoms with Gasteiger partial charge in [0.05, 0.1) is 4.92 Å². The van der Waals surface area contributed by atoms with Gasteiger partial charge in [-0.2, -0.15) is 16.2 Å². The summed E-state index contributed by atoms with van der Waals surface area (Å²) in [5, 5.41) is 13.7. The molecule has 0 aliphatic carbocycles. The Kier molecular flexibility index (Phi) is 6.49. The minimum absolute atomic E-state index is 0.255. The molecule has 0 aliphatic heterocycles. The first-order valence-electron chi connectivity index (χ1n) is 5.82. The summed E-state index contributed by atoms with van der Waals surface area (Å²) in [5.74, 6) is 0.326. The summed E-state index contributed by atoms with van der Waals surface area (Å²) in [4.78, 5) is 10.1. The first-order valence-corrected chi connectivity index (χ1v) is 7.22. The fourth-order valence-corrected chi connectivity index (χ4v) is 2.11. The number of halogens is 1. The summed E-state index contributed by atoms with van der Waals surface area (Å²) in [6.07, 6.45) is 5.19. The molecule has 0 aliphatic rings. The lowest BCUT2D eigenvalue weighted by molar-refractivity contribution is -0.386. The maximum absolute atomic E-state index is 13.3. The molecule has 0 unspecified atom stereocenters. The highest BCUT2D eigenvalue weighted by atomic mass is 32.2. The number of hydrogen-bond donors (Lipinski definition) is 1. The Bertz CT molecular complexity index is 402. The van der Waals surface area contributed by atoms with E-state index in [2.05, 4.69) is 11.6 Å². The lowest BCUT2D eigenvalue weighted by Crippen LogP contribution is -2.05. The zero-order chi connectivity index (χ0) is 13.4. The van der Waals surface area contributed by atoms with E-state index in [4.69, 9.17) is 0 Å². The molecule has 0 saturated heterocycles. The van der Waals surface area contributed by atoms with Crippen LogP contribution in [0.25, 0.3) is 0 Å². The van der Waals surface area contributed by atoms with E-state index in [-0.39, 0.29) is 5.69 Å². The predicted octanol–water partition coefficient (Wildman–Crippen LogP) is 3.68. The van der Waals surface area contributed by atoms with Gasteiger partial charge in [-0.05, 0) is 37.0 Å². The summed E-state index contributed by atoms with van der Waals surface area (Å²) in [5.41, 5.74) is -0.216. The quantitative estimate of drug-likeness (QED) is 0.445. The molecule has 18 heavy (non-hydrogen) atoms. The molecule has 0 fully saturated rings. The van der Waals surface area contributed by atoms with E-state index in [1.165, 1.54) is 12.1 Å². The molecule has 0 atom stereocenters. The van der Waals surface area contributed by atoms with Crippen LogP contribution in [-0.2, 0) is 0 Å². The first kappa shape index (κ1) is 14.8. The number of unbranched alkanes of at least 4 members (excludes halogenated alkanes) is 2. The van der Waals surface area contributed by atoms with E-state index in [1.54, 1.807) is 11.8 Å². The molecule has 1 aromatic rings. The van der Waals surface area contributed by atoms with Crippen molar-refractivity contribution in [2.75, 3.05) is 23.9 Å². The van der Waals surface area contributed by atoms with E-state index in [0.29, 0.717) is 6.54 Å². The number of para-hydroxylation sites is 1. The van der Waals surface area contributed by atoms with E-state index in [1.807, 2.05) is 0 Å². The Labute approximate surface area is 110 Å². The highest BCUT2D eigenvalue weighted by Gasteiger charge is 2.18. The van der Waals surface area contributed by atoms with Crippen molar-refractivity contribution in [2.24, 2.45) is 0 Å². The van der Waals surface area contributed by atoms with Gasteiger partial charge < -0.3 is 5.32 Å². The van der Waals surface area contributed by atoms with Crippen LogP contribution in [0.1, 0.15) is 19.3 Å². The van der Waals surface area contributed by atoms with Crippen molar-refractivity contribution >= 4 is 23.1 Å². The van der Waals surface area contributed by atoms with Crippen molar-refractivity contribution in [3.8, 4) is 0 Å². The lowest BCUT2D eigenvalue weighted by atomic mass is 10.2. The molecule has 4 nitrogen and oxygen atoms in total. The second kappa shape index (κ2) is 7.92. The van der Waals surface area contributed by atoms with Crippen LogP contribution in [0.15, 0.2) is 18.2 Å². The van der Waals surface area contributed by atoms with Gasteiger partial charge in [0.2, 0.25) is 5.82 Å². The monoisotopic (exact) mass is 272 g/mol. The zero-order valence-corrected chi connectivity index (χ0v) is 11.1. The van der Waals surface area contributed by atoms with Crippen molar-refractivity contribution in [1.29, 1.82) is 0 Å². The van der Waals surface area contributed by atoms with Crippen LogP contribution in [0, 0.1) is 15.9 Å². The number of rotatable bonds is 8. The lowest BCUT2D eigenvalue weighted by Gasteiger charge is -2.07. The number of nitrogens with one attached hydrogen (secondary N) is 1. The van der Waals surface area contributed by atoms with Crippen LogP contribution in [-0.4, -0.2) is 23.5 Å². The third-order valence-corrected chi connectivity index (χ3v) is 3.21. The van der Waals surface area contributed by atoms with Gasteiger partial charge >= 0.3 is 5.69 Å². The van der Waals surface area contributed by atoms with Crippen LogP contribution in [0.5, 0.6) is 0 Å². The van der Waals surface area contributed by atoms with Gasteiger partial charge in [-0.3, -0.25) is 10.1 Å². The summed E-state index contributed by atoms with van der Waals surface area (Å²) >= 11 is 1.81. The molecule has 0 amide bonds. The molecule has 100 valence electrons. The van der Waals surface area contributed by atoms with Crippen molar-refractivity contribution in [2.45, 2.75) is 19.3 Å². The molecule has 0 radical (unpaired) electrons. The molecule has 1 N–H and O–H groups in total. The van der Waals surface area contributed by atoms with Gasteiger partial charge in [0.1, 0.15) is 5.69 Å². The summed E-state index contributed by atoms with van der Waals surface area (Å²) < 4.78 is 13.3. The van der Waals surface area contributed by atoms with Gasteiger partial charge in [0, 0.05) is 6.54 Å². The zero-order valence-electron chi connectivity index (χ0n) is 10.3. The molecule has 0 bridgehead atoms. The highest BCUT2D eigenvalue weighted by molar-refractivity contribution is 7.98. The Morgan fingerprint density at radius 3 is 2.83 bits per heavy atom. The van der Waals surface area contributed by atoms with Crippen LogP contribution in [0.4, 0.5) is 15.8 Å². The largest absolute Gasteiger partial charge is 0.379 e. The van der Waals surface area contributed by atoms with Crippen LogP contribution in [0.2, 0.25) is 0 Å². The first-order chi connectivity index (χ1) is 8.66. The second-order valence-corrected chi connectivity index (χ2v) is 4.86. The molecular formula is C12H17FN2O2S. The number of hydrogen-bond acceptors (Lipinski definition) is 4. The van der Waals surface area contributed by atoms with Gasteiger partial charge in [-0.25, -0.2) is 0 Å². The second-order valence-electron chi connectivity index (χ2n) is 3.87. The summed E-state index contributed by atoms with van der Waals surface area (Å²) in [6, 6.07) is 4.10. The number of anilines is 1. The van der Waals surface area contributed by atoms with Crippen molar-refractivity contribution in [1.82, 2.24) is 0 Å². The third kappa shape index (κ3) is 4.52. The fourth-order valence-electron chi connectivity index (χ4n) is 1.61. The minimum atomic E-state index is -0.799.